The van der Waals surface area contributed by atoms with E-state index >= 15 is 0 Å². The highest BCUT2D eigenvalue weighted by Crippen LogP contribution is 2.27. The third-order valence-corrected chi connectivity index (χ3v) is 6.35. The number of anilines is 1. The van der Waals surface area contributed by atoms with Gasteiger partial charge in [0.2, 0.25) is 11.0 Å². The molecule has 0 spiro atoms. The summed E-state index contributed by atoms with van der Waals surface area (Å²) in [6, 6.07) is 0.370. The number of aromatic nitrogens is 2. The highest BCUT2D eigenvalue weighted by molar-refractivity contribution is 8.01. The van der Waals surface area contributed by atoms with Gasteiger partial charge < -0.3 is 15.0 Å². The van der Waals surface area contributed by atoms with Crippen LogP contribution in [0.1, 0.15) is 39.0 Å². The average molecular weight is 357 g/mol. The number of likely N-dealkylation sites (tertiary alicyclic amines) is 1. The van der Waals surface area contributed by atoms with Crippen LogP contribution >= 0.6 is 23.1 Å². The molecule has 0 aliphatic carbocycles. The Hall–Kier alpha value is -0.860. The highest BCUT2D eigenvalue weighted by atomic mass is 32.2. The molecule has 8 heteroatoms. The molecule has 6 nitrogen and oxygen atoms in total. The summed E-state index contributed by atoms with van der Waals surface area (Å²) in [6.45, 7) is 4.68. The minimum atomic E-state index is 0.214. The Balaban J connectivity index is 1.42. The molecule has 23 heavy (non-hydrogen) atoms. The molecule has 0 bridgehead atoms. The maximum Gasteiger partial charge on any atom is 0.233 e. The van der Waals surface area contributed by atoms with Crippen LogP contribution in [0.3, 0.4) is 0 Å². The first-order valence-corrected chi connectivity index (χ1v) is 10.1. The largest absolute Gasteiger partial charge is 0.376 e. The third kappa shape index (κ3) is 4.81. The fourth-order valence-electron chi connectivity index (χ4n) is 3.02. The van der Waals surface area contributed by atoms with E-state index in [1.54, 1.807) is 0 Å². The Morgan fingerprint density at radius 2 is 2.30 bits per heavy atom. The summed E-state index contributed by atoms with van der Waals surface area (Å²) in [5, 5.41) is 12.4. The predicted molar refractivity (Wildman–Crippen MR) is 93.1 cm³/mol. The van der Waals surface area contributed by atoms with Crippen LogP contribution in [0.2, 0.25) is 0 Å². The molecule has 2 aliphatic rings. The quantitative estimate of drug-likeness (QED) is 0.791. The van der Waals surface area contributed by atoms with Crippen LogP contribution in [0.25, 0.3) is 0 Å². The summed E-state index contributed by atoms with van der Waals surface area (Å²) >= 11 is 2.99. The van der Waals surface area contributed by atoms with Crippen molar-refractivity contribution in [3.63, 3.8) is 0 Å². The number of carbonyl (C=O) groups excluding carboxylic acids is 1. The summed E-state index contributed by atoms with van der Waals surface area (Å²) in [7, 11) is 0. The van der Waals surface area contributed by atoms with Gasteiger partial charge in [0.1, 0.15) is 0 Å². The maximum atomic E-state index is 12.3. The maximum absolute atomic E-state index is 12.3. The van der Waals surface area contributed by atoms with Crippen molar-refractivity contribution in [2.45, 2.75) is 55.5 Å². The first-order chi connectivity index (χ1) is 11.2. The second-order valence-electron chi connectivity index (χ2n) is 6.11. The number of hydrogen-bond acceptors (Lipinski definition) is 7. The molecule has 2 atom stereocenters. The lowest BCUT2D eigenvalue weighted by Gasteiger charge is -2.33. The molecule has 3 heterocycles. The van der Waals surface area contributed by atoms with Crippen molar-refractivity contribution in [3.05, 3.63) is 0 Å². The van der Waals surface area contributed by atoms with Gasteiger partial charge >= 0.3 is 0 Å². The van der Waals surface area contributed by atoms with E-state index in [0.717, 1.165) is 54.9 Å². The minimum Gasteiger partial charge on any atom is -0.376 e. The summed E-state index contributed by atoms with van der Waals surface area (Å²) in [5.74, 6) is 0.663. The number of rotatable bonds is 6. The fourth-order valence-corrected chi connectivity index (χ4v) is 4.67. The smallest absolute Gasteiger partial charge is 0.233 e. The summed E-state index contributed by atoms with van der Waals surface area (Å²) < 4.78 is 6.42. The second-order valence-corrected chi connectivity index (χ2v) is 8.31. The van der Waals surface area contributed by atoms with E-state index in [0.29, 0.717) is 11.8 Å². The zero-order valence-electron chi connectivity index (χ0n) is 13.5. The molecule has 1 aromatic rings. The van der Waals surface area contributed by atoms with E-state index in [1.165, 1.54) is 29.5 Å². The zero-order chi connectivity index (χ0) is 16.1. The van der Waals surface area contributed by atoms with Crippen LogP contribution in [0.4, 0.5) is 5.13 Å². The molecule has 0 saturated carbocycles. The predicted octanol–water partition coefficient (Wildman–Crippen LogP) is 2.62. The molecule has 1 amide bonds. The van der Waals surface area contributed by atoms with E-state index in [4.69, 9.17) is 4.74 Å². The van der Waals surface area contributed by atoms with Gasteiger partial charge in [-0.2, -0.15) is 0 Å². The first kappa shape index (κ1) is 17.0. The second kappa shape index (κ2) is 8.30. The summed E-state index contributed by atoms with van der Waals surface area (Å²) in [4.78, 5) is 14.3. The van der Waals surface area contributed by atoms with Crippen molar-refractivity contribution in [2.24, 2.45) is 0 Å². The lowest BCUT2D eigenvalue weighted by Crippen LogP contribution is -2.42. The number of piperidine rings is 1. The van der Waals surface area contributed by atoms with Gasteiger partial charge in [0, 0.05) is 25.7 Å². The Morgan fingerprint density at radius 1 is 1.39 bits per heavy atom. The first-order valence-electron chi connectivity index (χ1n) is 8.33. The normalized spacial score (nSPS) is 24.8. The molecule has 2 fully saturated rings. The topological polar surface area (TPSA) is 67.4 Å². The van der Waals surface area contributed by atoms with Crippen molar-refractivity contribution in [3.8, 4) is 0 Å². The number of carbonyl (C=O) groups is 1. The average Bonchev–Trinajstić information content (AvgIpc) is 3.22. The molecule has 2 unspecified atom stereocenters. The van der Waals surface area contributed by atoms with Crippen molar-refractivity contribution in [1.29, 1.82) is 0 Å². The monoisotopic (exact) mass is 356 g/mol. The van der Waals surface area contributed by atoms with Crippen LogP contribution in [-0.2, 0) is 9.53 Å². The van der Waals surface area contributed by atoms with Gasteiger partial charge in [-0.15, -0.1) is 10.2 Å². The van der Waals surface area contributed by atoms with E-state index in [1.807, 2.05) is 4.90 Å². The molecule has 0 aromatic carbocycles. The van der Waals surface area contributed by atoms with Gasteiger partial charge in [-0.05, 0) is 39.0 Å². The van der Waals surface area contributed by atoms with Gasteiger partial charge in [0.15, 0.2) is 4.34 Å². The van der Waals surface area contributed by atoms with Crippen LogP contribution < -0.4 is 5.32 Å². The molecule has 2 aliphatic heterocycles. The van der Waals surface area contributed by atoms with Crippen molar-refractivity contribution < 1.29 is 9.53 Å². The third-order valence-electron chi connectivity index (χ3n) is 4.35. The van der Waals surface area contributed by atoms with Crippen LogP contribution in [-0.4, -0.2) is 58.6 Å². The molecule has 3 rings (SSSR count). The van der Waals surface area contributed by atoms with Gasteiger partial charge in [-0.3, -0.25) is 4.79 Å². The number of ether oxygens (including phenoxy) is 1. The Kier molecular flexibility index (Phi) is 6.13. The molecule has 128 valence electrons. The van der Waals surface area contributed by atoms with Crippen molar-refractivity contribution in [2.75, 3.05) is 30.8 Å². The van der Waals surface area contributed by atoms with Crippen LogP contribution in [0.15, 0.2) is 4.34 Å². The lowest BCUT2D eigenvalue weighted by atomic mass is 10.0. The number of nitrogens with one attached hydrogen (secondary N) is 1. The minimum absolute atomic E-state index is 0.214. The summed E-state index contributed by atoms with van der Waals surface area (Å²) in [6.07, 6.45) is 6.01. The van der Waals surface area contributed by atoms with Crippen LogP contribution in [0.5, 0.6) is 0 Å². The Labute approximate surface area is 145 Å². The number of thioether (sulfide) groups is 1. The highest BCUT2D eigenvalue weighted by Gasteiger charge is 2.23. The summed E-state index contributed by atoms with van der Waals surface area (Å²) in [5.41, 5.74) is 0. The SMILES string of the molecule is CC1CCCCN1C(=O)CSc1nnc(NCC2CCCO2)s1. The number of hydrogen-bond donors (Lipinski definition) is 1. The van der Waals surface area contributed by atoms with E-state index in [-0.39, 0.29) is 12.0 Å². The van der Waals surface area contributed by atoms with E-state index in [9.17, 15) is 4.79 Å². The fraction of sp³-hybridized carbons (Fsp3) is 0.800. The zero-order valence-corrected chi connectivity index (χ0v) is 15.1. The van der Waals surface area contributed by atoms with E-state index < -0.39 is 0 Å². The molecular formula is C15H24N4O2S2. The standard InChI is InChI=1S/C15H24N4O2S2/c1-11-5-2-3-7-19(11)13(20)10-22-15-18-17-14(23-15)16-9-12-6-4-8-21-12/h11-12H,2-10H2,1H3,(H,16,17). The van der Waals surface area contributed by atoms with Gasteiger partial charge in [-0.25, -0.2) is 0 Å². The van der Waals surface area contributed by atoms with Gasteiger partial charge in [-0.1, -0.05) is 23.1 Å². The number of nitrogens with zero attached hydrogens (tertiary/aromatic N) is 3. The van der Waals surface area contributed by atoms with Crippen molar-refractivity contribution in [1.82, 2.24) is 15.1 Å². The molecule has 0 radical (unpaired) electrons. The molecule has 1 aromatic heterocycles. The Bertz CT molecular complexity index is 519. The molecule has 1 N–H and O–H groups in total. The Morgan fingerprint density at radius 3 is 3.09 bits per heavy atom. The van der Waals surface area contributed by atoms with Gasteiger partial charge in [0.05, 0.1) is 11.9 Å². The van der Waals surface area contributed by atoms with Crippen molar-refractivity contribution >= 4 is 34.1 Å². The number of amides is 1. The molecular weight excluding hydrogens is 332 g/mol. The van der Waals surface area contributed by atoms with Gasteiger partial charge in [0.25, 0.3) is 0 Å². The van der Waals surface area contributed by atoms with E-state index in [2.05, 4.69) is 22.4 Å². The lowest BCUT2D eigenvalue weighted by molar-refractivity contribution is -0.131. The van der Waals surface area contributed by atoms with Crippen LogP contribution in [0, 0.1) is 0 Å². The molecule has 2 saturated heterocycles.